The Kier molecular flexibility index (Phi) is 5.99. The van der Waals surface area contributed by atoms with Crippen LogP contribution in [0.2, 0.25) is 0 Å². The van der Waals surface area contributed by atoms with Gasteiger partial charge in [0.25, 0.3) is 0 Å². The van der Waals surface area contributed by atoms with Crippen LogP contribution in [-0.4, -0.2) is 13.5 Å². The number of carbonyl (C=O) groups excluding carboxylic acids is 1. The molecule has 1 amide bonds. The Hall–Kier alpha value is -2.54. The van der Waals surface area contributed by atoms with Gasteiger partial charge in [-0.15, -0.1) is 0 Å². The van der Waals surface area contributed by atoms with E-state index in [-0.39, 0.29) is 5.82 Å². The number of amides is 1. The average Bonchev–Trinajstić information content (AvgIpc) is 3.29. The molecule has 4 N–H and O–H groups in total. The SMILES string of the molecule is CNc1cc(F)cc(C2CC2)c1OCc1ccco1.NNC=O. The topological polar surface area (TPSA) is 89.5 Å². The third-order valence-electron chi connectivity index (χ3n) is 3.38. The molecule has 1 aliphatic carbocycles. The molecule has 7 heteroatoms. The van der Waals surface area contributed by atoms with Crippen LogP contribution in [0.5, 0.6) is 5.75 Å². The van der Waals surface area contributed by atoms with Crippen molar-refractivity contribution in [3.63, 3.8) is 0 Å². The Labute approximate surface area is 133 Å². The van der Waals surface area contributed by atoms with Gasteiger partial charge >= 0.3 is 0 Å². The van der Waals surface area contributed by atoms with Crippen molar-refractivity contribution in [1.82, 2.24) is 5.43 Å². The van der Waals surface area contributed by atoms with E-state index in [1.807, 2.05) is 12.1 Å². The number of furan rings is 1. The average molecular weight is 321 g/mol. The Balaban J connectivity index is 0.000000433. The molecule has 1 saturated carbocycles. The molecule has 6 nitrogen and oxygen atoms in total. The van der Waals surface area contributed by atoms with Gasteiger partial charge in [-0.3, -0.25) is 10.2 Å². The van der Waals surface area contributed by atoms with E-state index in [2.05, 4.69) is 11.2 Å². The fourth-order valence-corrected chi connectivity index (χ4v) is 2.20. The summed E-state index contributed by atoms with van der Waals surface area (Å²) < 4.78 is 24.7. The zero-order valence-electron chi connectivity index (χ0n) is 12.8. The van der Waals surface area contributed by atoms with Gasteiger partial charge in [0.1, 0.15) is 23.9 Å². The molecule has 1 fully saturated rings. The second-order valence-electron chi connectivity index (χ2n) is 5.05. The van der Waals surface area contributed by atoms with Gasteiger partial charge in [-0.2, -0.15) is 0 Å². The molecule has 0 aliphatic heterocycles. The number of hydrogen-bond acceptors (Lipinski definition) is 5. The predicted octanol–water partition coefficient (Wildman–Crippen LogP) is 2.52. The van der Waals surface area contributed by atoms with Gasteiger partial charge in [0.2, 0.25) is 6.41 Å². The third kappa shape index (κ3) is 4.72. The molecule has 0 saturated heterocycles. The number of nitrogens with one attached hydrogen (secondary N) is 2. The van der Waals surface area contributed by atoms with Crippen molar-refractivity contribution in [2.45, 2.75) is 25.4 Å². The Morgan fingerprint density at radius 1 is 1.48 bits per heavy atom. The number of ether oxygens (including phenoxy) is 1. The van der Waals surface area contributed by atoms with E-state index >= 15 is 0 Å². The highest BCUT2D eigenvalue weighted by molar-refractivity contribution is 5.61. The zero-order chi connectivity index (χ0) is 16.7. The Morgan fingerprint density at radius 3 is 2.74 bits per heavy atom. The maximum Gasteiger partial charge on any atom is 0.221 e. The first-order valence-electron chi connectivity index (χ1n) is 7.25. The van der Waals surface area contributed by atoms with E-state index in [0.29, 0.717) is 24.6 Å². The summed E-state index contributed by atoms with van der Waals surface area (Å²) in [6.45, 7) is 0.354. The van der Waals surface area contributed by atoms with Crippen LogP contribution in [0.4, 0.5) is 10.1 Å². The van der Waals surface area contributed by atoms with E-state index in [0.717, 1.165) is 29.9 Å². The number of hydrogen-bond donors (Lipinski definition) is 3. The minimum absolute atomic E-state index is 0.225. The highest BCUT2D eigenvalue weighted by Gasteiger charge is 2.29. The smallest absolute Gasteiger partial charge is 0.221 e. The summed E-state index contributed by atoms with van der Waals surface area (Å²) in [4.78, 5) is 8.94. The number of rotatable bonds is 6. The van der Waals surface area contributed by atoms with Crippen molar-refractivity contribution in [2.75, 3.05) is 12.4 Å². The predicted molar refractivity (Wildman–Crippen MR) is 84.3 cm³/mol. The maximum absolute atomic E-state index is 13.6. The largest absolute Gasteiger partial charge is 0.483 e. The molecule has 2 aromatic rings. The standard InChI is InChI=1S/C15H16FNO2.CH4N2O/c1-17-14-8-11(16)7-13(10-4-5-10)15(14)19-9-12-3-2-6-18-12;2-3-1-4/h2-3,6-8,10,17H,4-5,9H2,1H3;1H,2H2,(H,3,4). The van der Waals surface area contributed by atoms with Crippen LogP contribution in [0.1, 0.15) is 30.1 Å². The lowest BCUT2D eigenvalue weighted by molar-refractivity contribution is -0.109. The summed E-state index contributed by atoms with van der Waals surface area (Å²) in [6.07, 6.45) is 4.22. The summed E-state index contributed by atoms with van der Waals surface area (Å²) >= 11 is 0. The first-order valence-corrected chi connectivity index (χ1v) is 7.25. The second-order valence-corrected chi connectivity index (χ2v) is 5.05. The minimum Gasteiger partial charge on any atom is -0.483 e. The van der Waals surface area contributed by atoms with E-state index in [9.17, 15) is 4.39 Å². The molecule has 1 aromatic heterocycles. The fourth-order valence-electron chi connectivity index (χ4n) is 2.20. The maximum atomic E-state index is 13.6. The molecular weight excluding hydrogens is 301 g/mol. The number of anilines is 1. The lowest BCUT2D eigenvalue weighted by Gasteiger charge is -2.15. The van der Waals surface area contributed by atoms with Crippen LogP contribution in [-0.2, 0) is 11.4 Å². The van der Waals surface area contributed by atoms with Crippen LogP contribution in [0.25, 0.3) is 0 Å². The minimum atomic E-state index is -0.225. The van der Waals surface area contributed by atoms with Gasteiger partial charge < -0.3 is 14.5 Å². The van der Waals surface area contributed by atoms with Crippen LogP contribution < -0.4 is 21.3 Å². The molecule has 124 valence electrons. The van der Waals surface area contributed by atoms with E-state index in [4.69, 9.17) is 13.9 Å². The van der Waals surface area contributed by atoms with Gasteiger partial charge in [-0.05, 0) is 37.0 Å². The molecule has 1 aliphatic rings. The van der Waals surface area contributed by atoms with Crippen molar-refractivity contribution in [2.24, 2.45) is 5.84 Å². The Bertz CT molecular complexity index is 628. The molecular formula is C16H20FN3O3. The van der Waals surface area contributed by atoms with Crippen molar-refractivity contribution >= 4 is 12.1 Å². The Morgan fingerprint density at radius 2 is 2.22 bits per heavy atom. The molecule has 1 aromatic carbocycles. The molecule has 1 heterocycles. The number of nitrogens with two attached hydrogens (primary N) is 1. The van der Waals surface area contributed by atoms with Gasteiger partial charge in [0.15, 0.2) is 0 Å². The van der Waals surface area contributed by atoms with Gasteiger partial charge in [0.05, 0.1) is 12.0 Å². The summed E-state index contributed by atoms with van der Waals surface area (Å²) in [5, 5.41) is 2.99. The van der Waals surface area contributed by atoms with Crippen molar-refractivity contribution in [1.29, 1.82) is 0 Å². The summed E-state index contributed by atoms with van der Waals surface area (Å²) in [5.41, 5.74) is 3.39. The van der Waals surface area contributed by atoms with Crippen molar-refractivity contribution in [3.8, 4) is 5.75 Å². The third-order valence-corrected chi connectivity index (χ3v) is 3.38. The number of benzene rings is 1. The number of carbonyl (C=O) groups is 1. The molecule has 0 unspecified atom stereocenters. The molecule has 0 atom stereocenters. The zero-order valence-corrected chi connectivity index (χ0v) is 12.8. The van der Waals surface area contributed by atoms with Crippen LogP contribution in [0.15, 0.2) is 34.9 Å². The summed E-state index contributed by atoms with van der Waals surface area (Å²) in [5.74, 6) is 6.11. The fraction of sp³-hybridized carbons (Fsp3) is 0.312. The lowest BCUT2D eigenvalue weighted by atomic mass is 10.1. The highest BCUT2D eigenvalue weighted by atomic mass is 19.1. The molecule has 0 spiro atoms. The first kappa shape index (κ1) is 16.8. The monoisotopic (exact) mass is 321 g/mol. The van der Waals surface area contributed by atoms with E-state index in [1.165, 1.54) is 6.07 Å². The lowest BCUT2D eigenvalue weighted by Crippen LogP contribution is -2.18. The first-order chi connectivity index (χ1) is 11.2. The normalized spacial score (nSPS) is 12.8. The van der Waals surface area contributed by atoms with Crippen molar-refractivity contribution in [3.05, 3.63) is 47.7 Å². The van der Waals surface area contributed by atoms with Crippen LogP contribution >= 0.6 is 0 Å². The van der Waals surface area contributed by atoms with Crippen molar-refractivity contribution < 1.29 is 18.3 Å². The van der Waals surface area contributed by atoms with Gasteiger partial charge in [-0.1, -0.05) is 0 Å². The quantitative estimate of drug-likeness (QED) is 0.329. The second kappa shape index (κ2) is 8.19. The van der Waals surface area contributed by atoms with Crippen LogP contribution in [0, 0.1) is 5.82 Å². The van der Waals surface area contributed by atoms with Gasteiger partial charge in [0, 0.05) is 18.7 Å². The molecule has 0 radical (unpaired) electrons. The summed E-state index contributed by atoms with van der Waals surface area (Å²) in [7, 11) is 1.77. The molecule has 23 heavy (non-hydrogen) atoms. The van der Waals surface area contributed by atoms with Gasteiger partial charge in [-0.25, -0.2) is 10.2 Å². The van der Waals surface area contributed by atoms with Crippen LogP contribution in [0.3, 0.4) is 0 Å². The molecule has 0 bridgehead atoms. The highest BCUT2D eigenvalue weighted by Crippen LogP contribution is 2.47. The van der Waals surface area contributed by atoms with E-state index in [1.54, 1.807) is 24.8 Å². The number of hydrazine groups is 1. The number of halogens is 1. The van der Waals surface area contributed by atoms with E-state index < -0.39 is 0 Å². The molecule has 3 rings (SSSR count). The summed E-state index contributed by atoms with van der Waals surface area (Å²) in [6, 6.07) is 6.73.